The number of rotatable bonds is 6. The van der Waals surface area contributed by atoms with Gasteiger partial charge in [-0.3, -0.25) is 4.90 Å². The third kappa shape index (κ3) is 4.37. The fourth-order valence-electron chi connectivity index (χ4n) is 2.94. The molecule has 0 aliphatic carbocycles. The number of ether oxygens (including phenoxy) is 1. The number of hydrogen-bond acceptors (Lipinski definition) is 3. The minimum absolute atomic E-state index is 0.276. The van der Waals surface area contributed by atoms with Crippen LogP contribution in [-0.4, -0.2) is 42.6 Å². The van der Waals surface area contributed by atoms with Crippen LogP contribution in [0.3, 0.4) is 0 Å². The fraction of sp³-hybridized carbons (Fsp3) is 0.529. The first-order valence-electron chi connectivity index (χ1n) is 7.96. The zero-order valence-electron chi connectivity index (χ0n) is 13.9. The molecule has 126 valence electrons. The van der Waals surface area contributed by atoms with Gasteiger partial charge in [0.2, 0.25) is 0 Å². The highest BCUT2D eigenvalue weighted by atomic mass is 16.5. The van der Waals surface area contributed by atoms with Gasteiger partial charge in [0.15, 0.2) is 0 Å². The predicted octanol–water partition coefficient (Wildman–Crippen LogP) is 2.49. The molecule has 0 bridgehead atoms. The second-order valence-corrected chi connectivity index (χ2v) is 5.95. The molecule has 0 unspecified atom stereocenters. The molecule has 0 aromatic heterocycles. The SMILES string of the molecule is COC(=O)N1Cc2cccc(CCCCCN(C)C(N)=O)c2C1. The molecule has 0 fully saturated rings. The lowest BCUT2D eigenvalue weighted by atomic mass is 9.98. The standard InChI is InChI=1S/C17H25N3O3/c1-19(16(18)21)10-5-3-4-7-13-8-6-9-14-11-20(12-15(13)14)17(22)23-2/h6,8-9H,3-5,7,10-12H2,1-2H3,(H2,18,21). The largest absolute Gasteiger partial charge is 0.453 e. The van der Waals surface area contributed by atoms with E-state index in [1.54, 1.807) is 11.9 Å². The Morgan fingerprint density at radius 3 is 2.74 bits per heavy atom. The van der Waals surface area contributed by atoms with Gasteiger partial charge in [-0.15, -0.1) is 0 Å². The van der Waals surface area contributed by atoms with Gasteiger partial charge in [-0.1, -0.05) is 24.6 Å². The number of nitrogens with zero attached hydrogens (tertiary/aromatic N) is 2. The molecule has 1 aromatic carbocycles. The average Bonchev–Trinajstić information content (AvgIpc) is 2.98. The second-order valence-electron chi connectivity index (χ2n) is 5.95. The lowest BCUT2D eigenvalue weighted by Crippen LogP contribution is -2.32. The molecule has 1 heterocycles. The Hall–Kier alpha value is -2.24. The molecule has 2 rings (SSSR count). The minimum atomic E-state index is -0.381. The molecule has 1 aliphatic rings. The van der Waals surface area contributed by atoms with Crippen molar-refractivity contribution < 1.29 is 14.3 Å². The van der Waals surface area contributed by atoms with Crippen LogP contribution < -0.4 is 5.73 Å². The normalized spacial score (nSPS) is 12.9. The van der Waals surface area contributed by atoms with E-state index in [1.165, 1.54) is 28.7 Å². The topological polar surface area (TPSA) is 75.9 Å². The van der Waals surface area contributed by atoms with Gasteiger partial charge in [0.05, 0.1) is 7.11 Å². The van der Waals surface area contributed by atoms with Gasteiger partial charge >= 0.3 is 12.1 Å². The molecule has 0 spiro atoms. The van der Waals surface area contributed by atoms with Crippen molar-refractivity contribution in [2.75, 3.05) is 20.7 Å². The lowest BCUT2D eigenvalue weighted by molar-refractivity contribution is 0.123. The summed E-state index contributed by atoms with van der Waals surface area (Å²) >= 11 is 0. The highest BCUT2D eigenvalue weighted by molar-refractivity contribution is 5.71. The summed E-state index contributed by atoms with van der Waals surface area (Å²) in [6, 6.07) is 5.88. The van der Waals surface area contributed by atoms with Crippen LogP contribution in [0.1, 0.15) is 36.0 Å². The highest BCUT2D eigenvalue weighted by Crippen LogP contribution is 2.27. The molecule has 0 saturated heterocycles. The van der Waals surface area contributed by atoms with Crippen LogP contribution in [0.5, 0.6) is 0 Å². The monoisotopic (exact) mass is 319 g/mol. The summed E-state index contributed by atoms with van der Waals surface area (Å²) in [5.74, 6) is 0. The van der Waals surface area contributed by atoms with Gasteiger partial charge in [-0.25, -0.2) is 9.59 Å². The summed E-state index contributed by atoms with van der Waals surface area (Å²) in [5.41, 5.74) is 8.97. The van der Waals surface area contributed by atoms with Gasteiger partial charge < -0.3 is 15.4 Å². The number of fused-ring (bicyclic) bond motifs is 1. The van der Waals surface area contributed by atoms with E-state index in [9.17, 15) is 9.59 Å². The first-order valence-corrected chi connectivity index (χ1v) is 7.96. The maximum Gasteiger partial charge on any atom is 0.410 e. The Morgan fingerprint density at radius 1 is 1.26 bits per heavy atom. The smallest absolute Gasteiger partial charge is 0.410 e. The molecular formula is C17H25N3O3. The number of primary amides is 1. The summed E-state index contributed by atoms with van der Waals surface area (Å²) in [7, 11) is 3.13. The lowest BCUT2D eigenvalue weighted by Gasteiger charge is -2.14. The average molecular weight is 319 g/mol. The number of carbonyl (C=O) groups excluding carboxylic acids is 2. The number of nitrogens with two attached hydrogens (primary N) is 1. The number of amides is 3. The zero-order valence-corrected chi connectivity index (χ0v) is 13.9. The van der Waals surface area contributed by atoms with Crippen LogP contribution in [-0.2, 0) is 24.2 Å². The number of hydrogen-bond donors (Lipinski definition) is 1. The Balaban J connectivity index is 1.83. The molecule has 6 heteroatoms. The Labute approximate surface area is 137 Å². The number of aryl methyl sites for hydroxylation is 1. The molecule has 2 N–H and O–H groups in total. The number of unbranched alkanes of at least 4 members (excludes halogenated alkanes) is 2. The quantitative estimate of drug-likeness (QED) is 0.819. The predicted molar refractivity (Wildman–Crippen MR) is 87.9 cm³/mol. The van der Waals surface area contributed by atoms with Gasteiger partial charge in [0.25, 0.3) is 0 Å². The van der Waals surface area contributed by atoms with Crippen LogP contribution in [0, 0.1) is 0 Å². The fourth-order valence-corrected chi connectivity index (χ4v) is 2.94. The minimum Gasteiger partial charge on any atom is -0.453 e. The maximum atomic E-state index is 11.7. The van der Waals surface area contributed by atoms with E-state index in [0.29, 0.717) is 19.6 Å². The van der Waals surface area contributed by atoms with Crippen LogP contribution >= 0.6 is 0 Å². The van der Waals surface area contributed by atoms with Gasteiger partial charge in [-0.05, 0) is 36.0 Å². The summed E-state index contributed by atoms with van der Waals surface area (Å²) < 4.78 is 4.80. The van der Waals surface area contributed by atoms with Crippen molar-refractivity contribution in [2.24, 2.45) is 5.73 Å². The number of carbonyl (C=O) groups is 2. The van der Waals surface area contributed by atoms with Crippen molar-refractivity contribution in [3.05, 3.63) is 34.9 Å². The van der Waals surface area contributed by atoms with Crippen molar-refractivity contribution in [1.29, 1.82) is 0 Å². The van der Waals surface area contributed by atoms with E-state index in [4.69, 9.17) is 10.5 Å². The molecule has 0 atom stereocenters. The summed E-state index contributed by atoms with van der Waals surface area (Å²) in [5, 5.41) is 0. The van der Waals surface area contributed by atoms with Gasteiger partial charge in [-0.2, -0.15) is 0 Å². The van der Waals surface area contributed by atoms with Crippen LogP contribution in [0.2, 0.25) is 0 Å². The van der Waals surface area contributed by atoms with E-state index in [2.05, 4.69) is 18.2 Å². The number of benzene rings is 1. The second kappa shape index (κ2) is 7.85. The Bertz CT molecular complexity index is 574. The zero-order chi connectivity index (χ0) is 16.8. The van der Waals surface area contributed by atoms with E-state index < -0.39 is 0 Å². The van der Waals surface area contributed by atoms with Crippen molar-refractivity contribution in [2.45, 2.75) is 38.8 Å². The van der Waals surface area contributed by atoms with E-state index in [-0.39, 0.29) is 12.1 Å². The van der Waals surface area contributed by atoms with Crippen LogP contribution in [0.25, 0.3) is 0 Å². The number of methoxy groups -OCH3 is 1. The molecule has 0 radical (unpaired) electrons. The molecule has 1 aromatic rings. The Morgan fingerprint density at radius 2 is 2.04 bits per heavy atom. The molecule has 23 heavy (non-hydrogen) atoms. The highest BCUT2D eigenvalue weighted by Gasteiger charge is 2.25. The van der Waals surface area contributed by atoms with Crippen molar-refractivity contribution in [3.8, 4) is 0 Å². The van der Waals surface area contributed by atoms with Crippen LogP contribution in [0.4, 0.5) is 9.59 Å². The molecule has 1 aliphatic heterocycles. The maximum absolute atomic E-state index is 11.7. The van der Waals surface area contributed by atoms with Crippen molar-refractivity contribution in [3.63, 3.8) is 0 Å². The third-order valence-corrected chi connectivity index (χ3v) is 4.33. The first-order chi connectivity index (χ1) is 11.0. The molecule has 0 saturated carbocycles. The van der Waals surface area contributed by atoms with E-state index in [0.717, 1.165) is 25.7 Å². The molecular weight excluding hydrogens is 294 g/mol. The van der Waals surface area contributed by atoms with Gasteiger partial charge in [0, 0.05) is 26.7 Å². The van der Waals surface area contributed by atoms with Gasteiger partial charge in [0.1, 0.15) is 0 Å². The molecule has 6 nitrogen and oxygen atoms in total. The van der Waals surface area contributed by atoms with Crippen molar-refractivity contribution >= 4 is 12.1 Å². The van der Waals surface area contributed by atoms with Crippen molar-refractivity contribution in [1.82, 2.24) is 9.80 Å². The van der Waals surface area contributed by atoms with E-state index in [1.807, 2.05) is 0 Å². The third-order valence-electron chi connectivity index (χ3n) is 4.33. The molecule has 3 amide bonds. The summed E-state index contributed by atoms with van der Waals surface area (Å²) in [6.45, 7) is 1.94. The summed E-state index contributed by atoms with van der Waals surface area (Å²) in [4.78, 5) is 25.9. The first kappa shape index (κ1) is 17.1. The van der Waals surface area contributed by atoms with Crippen LogP contribution in [0.15, 0.2) is 18.2 Å². The number of urea groups is 1. The Kier molecular flexibility index (Phi) is 5.84. The van der Waals surface area contributed by atoms with E-state index >= 15 is 0 Å². The summed E-state index contributed by atoms with van der Waals surface area (Å²) in [6.07, 6.45) is 3.76.